The van der Waals surface area contributed by atoms with Gasteiger partial charge in [-0.05, 0) is 37.3 Å². The van der Waals surface area contributed by atoms with Crippen molar-refractivity contribution in [1.29, 1.82) is 0 Å². The normalized spacial score (nSPS) is 24.4. The van der Waals surface area contributed by atoms with E-state index in [2.05, 4.69) is 6.92 Å². The summed E-state index contributed by atoms with van der Waals surface area (Å²) in [7, 11) is 0. The van der Waals surface area contributed by atoms with Crippen LogP contribution in [0.25, 0.3) is 6.08 Å². The molecule has 0 spiro atoms. The summed E-state index contributed by atoms with van der Waals surface area (Å²) < 4.78 is 6.39. The molecule has 3 rings (SSSR count). The van der Waals surface area contributed by atoms with E-state index in [4.69, 9.17) is 21.7 Å². The number of rotatable bonds is 8. The zero-order valence-corrected chi connectivity index (χ0v) is 15.7. The number of amides is 1. The second kappa shape index (κ2) is 7.74. The molecule has 1 saturated heterocycles. The fourth-order valence-corrected chi connectivity index (χ4v) is 4.20. The van der Waals surface area contributed by atoms with Crippen LogP contribution in [0, 0.1) is 5.92 Å². The summed E-state index contributed by atoms with van der Waals surface area (Å²) in [6.45, 7) is 2.74. The number of nitrogens with zero attached hydrogens (tertiary/aromatic N) is 1. The lowest BCUT2D eigenvalue weighted by molar-refractivity contribution is -0.137. The molecule has 25 heavy (non-hydrogen) atoms. The Morgan fingerprint density at radius 1 is 1.44 bits per heavy atom. The van der Waals surface area contributed by atoms with Crippen molar-refractivity contribution < 1.29 is 19.1 Å². The second-order valence-corrected chi connectivity index (χ2v) is 8.27. The maximum atomic E-state index is 12.5. The van der Waals surface area contributed by atoms with Gasteiger partial charge in [0.1, 0.15) is 15.8 Å². The van der Waals surface area contributed by atoms with Crippen molar-refractivity contribution in [3.05, 3.63) is 28.6 Å². The number of hydrogen-bond donors (Lipinski definition) is 1. The lowest BCUT2D eigenvalue weighted by atomic mass is 10.2. The zero-order chi connectivity index (χ0) is 18.0. The molecule has 2 fully saturated rings. The van der Waals surface area contributed by atoms with Gasteiger partial charge in [0, 0.05) is 25.0 Å². The Hall–Kier alpha value is -1.60. The number of carbonyl (C=O) groups is 2. The molecule has 2 aliphatic rings. The molecule has 5 nitrogen and oxygen atoms in total. The van der Waals surface area contributed by atoms with E-state index in [0.29, 0.717) is 39.8 Å². The summed E-state index contributed by atoms with van der Waals surface area (Å²) in [6, 6.07) is 3.89. The van der Waals surface area contributed by atoms with Crippen molar-refractivity contribution >= 4 is 46.3 Å². The first-order chi connectivity index (χ1) is 12.0. The molecule has 1 saturated carbocycles. The van der Waals surface area contributed by atoms with Crippen LogP contribution >= 0.6 is 24.0 Å². The molecule has 134 valence electrons. The molecule has 7 heteroatoms. The molecule has 2 atom stereocenters. The average molecular weight is 380 g/mol. The molecule has 0 bridgehead atoms. The Bertz CT molecular complexity index is 724. The van der Waals surface area contributed by atoms with Crippen LogP contribution in [0.2, 0.25) is 0 Å². The number of furan rings is 1. The van der Waals surface area contributed by atoms with Crippen LogP contribution in [-0.4, -0.2) is 32.7 Å². The van der Waals surface area contributed by atoms with Crippen LogP contribution in [0.15, 0.2) is 21.5 Å². The van der Waals surface area contributed by atoms with Crippen LogP contribution in [0.1, 0.15) is 56.5 Å². The smallest absolute Gasteiger partial charge is 0.303 e. The van der Waals surface area contributed by atoms with Crippen molar-refractivity contribution in [2.75, 3.05) is 6.54 Å². The van der Waals surface area contributed by atoms with Crippen molar-refractivity contribution in [2.24, 2.45) is 5.92 Å². The highest BCUT2D eigenvalue weighted by atomic mass is 32.2. The Labute approximate surface area is 156 Å². The van der Waals surface area contributed by atoms with Crippen molar-refractivity contribution in [1.82, 2.24) is 4.90 Å². The van der Waals surface area contributed by atoms with Gasteiger partial charge in [-0.15, -0.1) is 0 Å². The van der Waals surface area contributed by atoms with Gasteiger partial charge in [-0.2, -0.15) is 0 Å². The Morgan fingerprint density at radius 2 is 2.20 bits per heavy atom. The molecule has 0 aromatic carbocycles. The van der Waals surface area contributed by atoms with Crippen LogP contribution in [-0.2, 0) is 9.59 Å². The molecule has 1 aliphatic carbocycles. The van der Waals surface area contributed by atoms with Gasteiger partial charge in [-0.25, -0.2) is 0 Å². The molecule has 1 amide bonds. The molecule has 0 unspecified atom stereocenters. The molecule has 2 heterocycles. The van der Waals surface area contributed by atoms with E-state index in [0.717, 1.165) is 25.0 Å². The van der Waals surface area contributed by atoms with Gasteiger partial charge in [-0.1, -0.05) is 37.3 Å². The maximum absolute atomic E-state index is 12.5. The molecular weight excluding hydrogens is 358 g/mol. The third kappa shape index (κ3) is 4.52. The molecular formula is C18H21NO4S2. The lowest BCUT2D eigenvalue weighted by Gasteiger charge is -2.13. The number of carbonyl (C=O) groups excluding carboxylic acids is 1. The number of carboxylic acid groups (broad SMARTS) is 1. The minimum absolute atomic E-state index is 0.0917. The van der Waals surface area contributed by atoms with Gasteiger partial charge >= 0.3 is 5.97 Å². The number of unbranched alkanes of at least 4 members (excludes halogenated alkanes) is 2. The lowest BCUT2D eigenvalue weighted by Crippen LogP contribution is -2.29. The summed E-state index contributed by atoms with van der Waals surface area (Å²) in [5.41, 5.74) is 0. The van der Waals surface area contributed by atoms with Crippen LogP contribution < -0.4 is 0 Å². The number of thiocarbonyl (C=S) groups is 1. The number of carboxylic acids is 1. The molecule has 1 aromatic heterocycles. The average Bonchev–Trinajstić information content (AvgIpc) is 3.00. The first-order valence-electron chi connectivity index (χ1n) is 8.52. The minimum Gasteiger partial charge on any atom is -0.481 e. The monoisotopic (exact) mass is 379 g/mol. The highest BCUT2D eigenvalue weighted by Crippen LogP contribution is 2.47. The first kappa shape index (κ1) is 18.2. The predicted octanol–water partition coefficient (Wildman–Crippen LogP) is 4.25. The second-order valence-electron chi connectivity index (χ2n) is 6.60. The standard InChI is InChI=1S/C18H21NO4S2/c1-11-9-13(11)14-7-6-12(23-14)10-15-17(22)19(18(24)25-15)8-4-2-3-5-16(20)21/h6-7,10-11,13H,2-5,8-9H2,1H3,(H,20,21)/b15-10-/t11-,13+/m1/s1. The Kier molecular flexibility index (Phi) is 5.64. The molecule has 1 aliphatic heterocycles. The highest BCUT2D eigenvalue weighted by molar-refractivity contribution is 8.26. The third-order valence-corrected chi connectivity index (χ3v) is 5.92. The van der Waals surface area contributed by atoms with Crippen molar-refractivity contribution in [2.45, 2.75) is 44.9 Å². The summed E-state index contributed by atoms with van der Waals surface area (Å²) in [5.74, 6) is 2.00. The van der Waals surface area contributed by atoms with E-state index < -0.39 is 5.97 Å². The third-order valence-electron chi connectivity index (χ3n) is 4.54. The maximum Gasteiger partial charge on any atom is 0.303 e. The van der Waals surface area contributed by atoms with E-state index in [1.54, 1.807) is 11.0 Å². The molecule has 0 radical (unpaired) electrons. The number of thioether (sulfide) groups is 1. The summed E-state index contributed by atoms with van der Waals surface area (Å²) in [4.78, 5) is 25.2. The van der Waals surface area contributed by atoms with Gasteiger partial charge in [0.25, 0.3) is 5.91 Å². The Balaban J connectivity index is 1.55. The van der Waals surface area contributed by atoms with Crippen LogP contribution in [0.4, 0.5) is 0 Å². The van der Waals surface area contributed by atoms with Gasteiger partial charge in [0.15, 0.2) is 0 Å². The number of hydrogen-bond acceptors (Lipinski definition) is 5. The zero-order valence-electron chi connectivity index (χ0n) is 14.1. The van der Waals surface area contributed by atoms with Gasteiger partial charge < -0.3 is 9.52 Å². The quantitative estimate of drug-likeness (QED) is 0.414. The first-order valence-corrected chi connectivity index (χ1v) is 9.75. The Morgan fingerprint density at radius 3 is 2.88 bits per heavy atom. The van der Waals surface area contributed by atoms with Crippen LogP contribution in [0.5, 0.6) is 0 Å². The highest BCUT2D eigenvalue weighted by Gasteiger charge is 2.37. The fraction of sp³-hybridized carbons (Fsp3) is 0.500. The summed E-state index contributed by atoms with van der Waals surface area (Å²) in [6.07, 6.45) is 5.23. The largest absolute Gasteiger partial charge is 0.481 e. The van der Waals surface area contributed by atoms with E-state index in [1.165, 1.54) is 11.8 Å². The van der Waals surface area contributed by atoms with Crippen molar-refractivity contribution in [3.8, 4) is 0 Å². The topological polar surface area (TPSA) is 70.8 Å². The summed E-state index contributed by atoms with van der Waals surface area (Å²) in [5, 5.41) is 8.63. The van der Waals surface area contributed by atoms with E-state index in [1.807, 2.05) is 12.1 Å². The molecule has 1 N–H and O–H groups in total. The van der Waals surface area contributed by atoms with Gasteiger partial charge in [0.2, 0.25) is 0 Å². The van der Waals surface area contributed by atoms with E-state index >= 15 is 0 Å². The summed E-state index contributed by atoms with van der Waals surface area (Å²) >= 11 is 6.60. The fourth-order valence-electron chi connectivity index (χ4n) is 2.91. The molecule has 1 aromatic rings. The van der Waals surface area contributed by atoms with E-state index in [9.17, 15) is 9.59 Å². The predicted molar refractivity (Wildman–Crippen MR) is 101 cm³/mol. The van der Waals surface area contributed by atoms with E-state index in [-0.39, 0.29) is 12.3 Å². The van der Waals surface area contributed by atoms with Gasteiger partial charge in [0.05, 0.1) is 4.91 Å². The minimum atomic E-state index is -0.785. The van der Waals surface area contributed by atoms with Crippen LogP contribution in [0.3, 0.4) is 0 Å². The van der Waals surface area contributed by atoms with Gasteiger partial charge in [-0.3, -0.25) is 14.5 Å². The number of aliphatic carboxylic acids is 1. The SMILES string of the molecule is C[C@@H]1C[C@@H]1c1ccc(/C=C2\SC(=S)N(CCCCCC(=O)O)C2=O)o1. The van der Waals surface area contributed by atoms with Crippen molar-refractivity contribution in [3.63, 3.8) is 0 Å².